The van der Waals surface area contributed by atoms with E-state index < -0.39 is 29.0 Å². The molecule has 11 heteroatoms. The van der Waals surface area contributed by atoms with Gasteiger partial charge in [-0.3, -0.25) is 0 Å². The van der Waals surface area contributed by atoms with Crippen LogP contribution in [0, 0.1) is 34.0 Å². The first-order valence-corrected chi connectivity index (χ1v) is 21.9. The SMILES string of the molecule is N#Cc1cccc(-c2ccc3c(c2)c2ccccc2n3-c2ccc(-c3ccc(C(F)(F)F)cc3C(F)(F)F)cc2-c2ccc(C#N)cc2-n2c3ccccc3c3cc(-c4cccc(C#N)c4)ccc32)c1. The second kappa shape index (κ2) is 16.4. The third-order valence-electron chi connectivity index (χ3n) is 12.9. The highest BCUT2D eigenvalue weighted by Gasteiger charge is 2.38. The summed E-state index contributed by atoms with van der Waals surface area (Å²) in [5.74, 6) is 0. The zero-order valence-electron chi connectivity index (χ0n) is 36.4. The Hall–Kier alpha value is -9.37. The summed E-state index contributed by atoms with van der Waals surface area (Å²) in [6.45, 7) is 0. The van der Waals surface area contributed by atoms with Crippen molar-refractivity contribution in [2.75, 3.05) is 0 Å². The van der Waals surface area contributed by atoms with Crippen molar-refractivity contribution in [3.63, 3.8) is 0 Å². The zero-order chi connectivity index (χ0) is 48.5. The molecular formula is C59H31F6N5. The fraction of sp³-hybridized carbons (Fsp3) is 0.0339. The number of hydrogen-bond donors (Lipinski definition) is 0. The summed E-state index contributed by atoms with van der Waals surface area (Å²) in [6, 6.07) is 60.1. The Morgan fingerprint density at radius 3 is 1.36 bits per heavy atom. The summed E-state index contributed by atoms with van der Waals surface area (Å²) in [6.07, 6.45) is -10.2. The minimum absolute atomic E-state index is 0.0157. The molecule has 0 saturated carbocycles. The lowest BCUT2D eigenvalue weighted by Gasteiger charge is -2.21. The molecule has 11 aromatic rings. The van der Waals surface area contributed by atoms with Crippen molar-refractivity contribution in [1.29, 1.82) is 15.8 Å². The molecule has 0 aliphatic rings. The van der Waals surface area contributed by atoms with Crippen molar-refractivity contribution >= 4 is 43.6 Å². The molecule has 70 heavy (non-hydrogen) atoms. The standard InChI is InChI=1S/C59H31F6N5/c60-58(61,62)43-19-21-44(51(31-43)59(63,64)65)42-18-24-55(69-52-13-3-1-11-45(52)48-28-40(16-22-54(48)69)38-9-5-7-35(25-38)32-66)50(30-42)47-20-15-37(34-68)27-57(47)70-53-14-4-2-12-46(53)49-29-41(17-23-56(49)70)39-10-6-8-36(26-39)33-67/h1-31H. The molecule has 5 nitrogen and oxygen atoms in total. The third-order valence-corrected chi connectivity index (χ3v) is 12.9. The highest BCUT2D eigenvalue weighted by molar-refractivity contribution is 6.13. The smallest absolute Gasteiger partial charge is 0.309 e. The van der Waals surface area contributed by atoms with E-state index in [9.17, 15) is 42.1 Å². The summed E-state index contributed by atoms with van der Waals surface area (Å²) < 4.78 is 90.8. The van der Waals surface area contributed by atoms with E-state index in [4.69, 9.17) is 0 Å². The maximum absolute atomic E-state index is 14.9. The topological polar surface area (TPSA) is 81.2 Å². The molecule has 0 saturated heterocycles. The first-order chi connectivity index (χ1) is 33.8. The summed E-state index contributed by atoms with van der Waals surface area (Å²) >= 11 is 0. The van der Waals surface area contributed by atoms with Crippen LogP contribution in [0.3, 0.4) is 0 Å². The molecule has 0 amide bonds. The van der Waals surface area contributed by atoms with E-state index >= 15 is 0 Å². The van der Waals surface area contributed by atoms with Gasteiger partial charge in [0, 0.05) is 32.7 Å². The normalized spacial score (nSPS) is 11.8. The zero-order valence-corrected chi connectivity index (χ0v) is 36.4. The number of rotatable bonds is 6. The van der Waals surface area contributed by atoms with Gasteiger partial charge in [0.05, 0.1) is 79.5 Å². The first kappa shape index (κ1) is 43.2. The number of nitrogens with zero attached hydrogens (tertiary/aromatic N) is 5. The predicted octanol–water partition coefficient (Wildman–Crippen LogP) is 16.2. The van der Waals surface area contributed by atoms with E-state index in [-0.39, 0.29) is 11.6 Å². The van der Waals surface area contributed by atoms with Crippen molar-refractivity contribution in [2.24, 2.45) is 0 Å². The van der Waals surface area contributed by atoms with Crippen LogP contribution in [0.4, 0.5) is 26.3 Å². The second-order valence-electron chi connectivity index (χ2n) is 16.9. The Balaban J connectivity index is 1.22. The van der Waals surface area contributed by atoms with Gasteiger partial charge >= 0.3 is 12.4 Å². The Morgan fingerprint density at radius 2 is 0.814 bits per heavy atom. The molecule has 0 bridgehead atoms. The fourth-order valence-corrected chi connectivity index (χ4v) is 9.70. The van der Waals surface area contributed by atoms with Gasteiger partial charge in [0.1, 0.15) is 0 Å². The van der Waals surface area contributed by atoms with E-state index in [1.54, 1.807) is 42.5 Å². The van der Waals surface area contributed by atoms with Crippen LogP contribution < -0.4 is 0 Å². The van der Waals surface area contributed by atoms with Crippen LogP contribution in [0.2, 0.25) is 0 Å². The third kappa shape index (κ3) is 7.27. The van der Waals surface area contributed by atoms with Gasteiger partial charge in [0.15, 0.2) is 0 Å². The fourth-order valence-electron chi connectivity index (χ4n) is 9.70. The minimum Gasteiger partial charge on any atom is -0.309 e. The number of hydrogen-bond acceptors (Lipinski definition) is 3. The van der Waals surface area contributed by atoms with Crippen LogP contribution in [0.15, 0.2) is 188 Å². The molecule has 0 unspecified atom stereocenters. The molecule has 0 radical (unpaired) electrons. The highest BCUT2D eigenvalue weighted by atomic mass is 19.4. The average molecular weight is 924 g/mol. The lowest BCUT2D eigenvalue weighted by atomic mass is 9.92. The molecule has 11 rings (SSSR count). The van der Waals surface area contributed by atoms with E-state index in [1.807, 2.05) is 130 Å². The van der Waals surface area contributed by atoms with Crippen molar-refractivity contribution in [1.82, 2.24) is 9.13 Å². The lowest BCUT2D eigenvalue weighted by molar-refractivity contribution is -0.142. The first-order valence-electron chi connectivity index (χ1n) is 21.9. The maximum Gasteiger partial charge on any atom is 0.417 e. The van der Waals surface area contributed by atoms with Crippen LogP contribution in [0.1, 0.15) is 27.8 Å². The van der Waals surface area contributed by atoms with E-state index in [2.05, 4.69) is 18.2 Å². The quantitative estimate of drug-likeness (QED) is 0.156. The van der Waals surface area contributed by atoms with Gasteiger partial charge in [-0.1, -0.05) is 91.0 Å². The van der Waals surface area contributed by atoms with Crippen LogP contribution in [-0.4, -0.2) is 9.13 Å². The molecule has 0 aliphatic heterocycles. The van der Waals surface area contributed by atoms with Crippen molar-refractivity contribution in [3.8, 4) is 74.1 Å². The Labute approximate surface area is 395 Å². The van der Waals surface area contributed by atoms with Gasteiger partial charge < -0.3 is 9.13 Å². The Kier molecular flexibility index (Phi) is 10.2. The molecule has 0 atom stereocenters. The number of fused-ring (bicyclic) bond motifs is 6. The highest BCUT2D eigenvalue weighted by Crippen LogP contribution is 2.46. The molecule has 334 valence electrons. The number of nitriles is 3. The molecule has 9 aromatic carbocycles. The summed E-state index contributed by atoms with van der Waals surface area (Å²) in [5, 5.41) is 33.2. The molecule has 2 aromatic heterocycles. The molecular weight excluding hydrogens is 893 g/mol. The van der Waals surface area contributed by atoms with Crippen molar-refractivity contribution in [2.45, 2.75) is 12.4 Å². The number of alkyl halides is 6. The number of benzene rings is 9. The predicted molar refractivity (Wildman–Crippen MR) is 261 cm³/mol. The summed E-state index contributed by atoms with van der Waals surface area (Å²) in [7, 11) is 0. The van der Waals surface area contributed by atoms with E-state index in [0.717, 1.165) is 71.9 Å². The number of halogens is 6. The van der Waals surface area contributed by atoms with Crippen LogP contribution >= 0.6 is 0 Å². The van der Waals surface area contributed by atoms with Gasteiger partial charge in [0.2, 0.25) is 0 Å². The van der Waals surface area contributed by atoms with E-state index in [0.29, 0.717) is 45.3 Å². The van der Waals surface area contributed by atoms with Gasteiger partial charge in [0.25, 0.3) is 0 Å². The molecule has 0 fully saturated rings. The van der Waals surface area contributed by atoms with Crippen LogP contribution in [0.25, 0.3) is 99.5 Å². The Morgan fingerprint density at radius 1 is 0.329 bits per heavy atom. The van der Waals surface area contributed by atoms with Gasteiger partial charge in [-0.15, -0.1) is 0 Å². The van der Waals surface area contributed by atoms with Crippen molar-refractivity contribution < 1.29 is 26.3 Å². The summed E-state index contributed by atoms with van der Waals surface area (Å²) in [5.41, 5.74) is 6.43. The number of para-hydroxylation sites is 2. The van der Waals surface area contributed by atoms with Gasteiger partial charge in [-0.25, -0.2) is 0 Å². The average Bonchev–Trinajstić information content (AvgIpc) is 3.89. The molecule has 0 N–H and O–H groups in total. The minimum atomic E-state index is -5.15. The number of aromatic nitrogens is 2. The van der Waals surface area contributed by atoms with E-state index in [1.165, 1.54) is 6.07 Å². The molecule has 0 spiro atoms. The molecule has 2 heterocycles. The maximum atomic E-state index is 14.9. The Bertz CT molecular complexity index is 4100. The largest absolute Gasteiger partial charge is 0.417 e. The monoisotopic (exact) mass is 923 g/mol. The van der Waals surface area contributed by atoms with Crippen LogP contribution in [-0.2, 0) is 12.4 Å². The second-order valence-corrected chi connectivity index (χ2v) is 16.9. The lowest BCUT2D eigenvalue weighted by Crippen LogP contribution is -2.12. The molecule has 0 aliphatic carbocycles. The van der Waals surface area contributed by atoms with Crippen LogP contribution in [0.5, 0.6) is 0 Å². The van der Waals surface area contributed by atoms with Gasteiger partial charge in [-0.2, -0.15) is 42.1 Å². The van der Waals surface area contributed by atoms with Gasteiger partial charge in [-0.05, 0) is 130 Å². The summed E-state index contributed by atoms with van der Waals surface area (Å²) in [4.78, 5) is 0. The van der Waals surface area contributed by atoms with Crippen molar-refractivity contribution in [3.05, 3.63) is 216 Å².